The maximum Gasteiger partial charge on any atom is 0.0493 e. The predicted molar refractivity (Wildman–Crippen MR) is 69.4 cm³/mol. The fraction of sp³-hybridized carbons (Fsp3) is 0.467. The number of hydrogen-bond donors (Lipinski definition) is 1. The zero-order valence-electron chi connectivity index (χ0n) is 9.94. The van der Waals surface area contributed by atoms with E-state index < -0.39 is 0 Å². The molecule has 0 radical (unpaired) electrons. The highest BCUT2D eigenvalue weighted by Gasteiger charge is 2.01. The smallest absolute Gasteiger partial charge is 0.0493 e. The first-order valence-electron chi connectivity index (χ1n) is 6.14. The quantitative estimate of drug-likeness (QED) is 0.522. The minimum absolute atomic E-state index is 0.238. The molecular formula is C15H22O. The third-order valence-electron chi connectivity index (χ3n) is 2.95. The second-order valence-corrected chi connectivity index (χ2v) is 4.26. The van der Waals surface area contributed by atoms with E-state index in [4.69, 9.17) is 5.11 Å². The lowest BCUT2D eigenvalue weighted by Crippen LogP contribution is -2.01. The van der Waals surface area contributed by atoms with Crippen LogP contribution in [0.2, 0.25) is 0 Å². The number of aryl methyl sites for hydroxylation is 1. The van der Waals surface area contributed by atoms with Gasteiger partial charge < -0.3 is 5.11 Å². The minimum atomic E-state index is 0.238. The van der Waals surface area contributed by atoms with Gasteiger partial charge >= 0.3 is 0 Å². The van der Waals surface area contributed by atoms with Gasteiger partial charge in [0, 0.05) is 6.61 Å². The van der Waals surface area contributed by atoms with Crippen molar-refractivity contribution in [1.29, 1.82) is 0 Å². The van der Waals surface area contributed by atoms with E-state index in [0.717, 1.165) is 6.42 Å². The molecule has 16 heavy (non-hydrogen) atoms. The Balaban J connectivity index is 2.06. The van der Waals surface area contributed by atoms with Gasteiger partial charge in [-0.1, -0.05) is 49.2 Å². The van der Waals surface area contributed by atoms with E-state index in [2.05, 4.69) is 36.9 Å². The van der Waals surface area contributed by atoms with Crippen molar-refractivity contribution in [3.63, 3.8) is 0 Å². The lowest BCUT2D eigenvalue weighted by Gasteiger charge is -2.08. The summed E-state index contributed by atoms with van der Waals surface area (Å²) in [5.41, 5.74) is 1.42. The van der Waals surface area contributed by atoms with Crippen LogP contribution in [0.3, 0.4) is 0 Å². The van der Waals surface area contributed by atoms with E-state index in [9.17, 15) is 0 Å². The molecule has 88 valence electrons. The molecule has 1 atom stereocenters. The topological polar surface area (TPSA) is 20.2 Å². The molecule has 0 bridgehead atoms. The van der Waals surface area contributed by atoms with Crippen LogP contribution in [0.25, 0.3) is 0 Å². The first-order valence-corrected chi connectivity index (χ1v) is 6.14. The van der Waals surface area contributed by atoms with Crippen molar-refractivity contribution in [1.82, 2.24) is 0 Å². The second kappa shape index (κ2) is 8.12. The molecule has 0 aromatic heterocycles. The van der Waals surface area contributed by atoms with Crippen molar-refractivity contribution in [3.05, 3.63) is 48.6 Å². The summed E-state index contributed by atoms with van der Waals surface area (Å²) in [5.74, 6) is 0.289. The van der Waals surface area contributed by atoms with Gasteiger partial charge in [0.1, 0.15) is 0 Å². The lowest BCUT2D eigenvalue weighted by atomic mass is 10.0. The van der Waals surface area contributed by atoms with E-state index in [0.29, 0.717) is 0 Å². The largest absolute Gasteiger partial charge is 0.396 e. The Labute approximate surface area is 98.8 Å². The van der Waals surface area contributed by atoms with Crippen LogP contribution in [0.5, 0.6) is 0 Å². The Hall–Kier alpha value is -1.08. The van der Waals surface area contributed by atoms with Crippen molar-refractivity contribution in [2.45, 2.75) is 32.1 Å². The van der Waals surface area contributed by atoms with Crippen LogP contribution in [-0.2, 0) is 6.42 Å². The summed E-state index contributed by atoms with van der Waals surface area (Å²) in [6, 6.07) is 10.6. The van der Waals surface area contributed by atoms with Gasteiger partial charge in [-0.05, 0) is 30.7 Å². The summed E-state index contributed by atoms with van der Waals surface area (Å²) in [7, 11) is 0. The normalized spacial score (nSPS) is 12.3. The lowest BCUT2D eigenvalue weighted by molar-refractivity contribution is 0.243. The van der Waals surface area contributed by atoms with Gasteiger partial charge in [-0.2, -0.15) is 0 Å². The number of hydrogen-bond acceptors (Lipinski definition) is 1. The Morgan fingerprint density at radius 2 is 1.88 bits per heavy atom. The third-order valence-corrected chi connectivity index (χ3v) is 2.95. The molecule has 1 unspecified atom stereocenters. The van der Waals surface area contributed by atoms with Gasteiger partial charge in [0.25, 0.3) is 0 Å². The molecular weight excluding hydrogens is 196 g/mol. The molecule has 0 aliphatic carbocycles. The van der Waals surface area contributed by atoms with Crippen LogP contribution in [0, 0.1) is 5.92 Å². The highest BCUT2D eigenvalue weighted by molar-refractivity contribution is 5.14. The summed E-state index contributed by atoms with van der Waals surface area (Å²) in [4.78, 5) is 0. The van der Waals surface area contributed by atoms with Gasteiger partial charge in [0.05, 0.1) is 0 Å². The summed E-state index contributed by atoms with van der Waals surface area (Å²) in [6.07, 6.45) is 7.74. The molecule has 0 aliphatic rings. The van der Waals surface area contributed by atoms with Crippen LogP contribution in [-0.4, -0.2) is 11.7 Å². The van der Waals surface area contributed by atoms with Crippen LogP contribution in [0.4, 0.5) is 0 Å². The molecule has 1 nitrogen and oxygen atoms in total. The molecule has 0 saturated carbocycles. The van der Waals surface area contributed by atoms with E-state index >= 15 is 0 Å². The van der Waals surface area contributed by atoms with Gasteiger partial charge in [-0.3, -0.25) is 0 Å². The van der Waals surface area contributed by atoms with E-state index in [1.807, 2.05) is 6.08 Å². The van der Waals surface area contributed by atoms with Crippen molar-refractivity contribution in [2.24, 2.45) is 5.92 Å². The highest BCUT2D eigenvalue weighted by Crippen LogP contribution is 2.12. The molecule has 1 rings (SSSR count). The van der Waals surface area contributed by atoms with E-state index in [-0.39, 0.29) is 12.5 Å². The first-order chi connectivity index (χ1) is 7.86. The molecule has 0 saturated heterocycles. The summed E-state index contributed by atoms with van der Waals surface area (Å²) < 4.78 is 0. The molecule has 1 aromatic carbocycles. The second-order valence-electron chi connectivity index (χ2n) is 4.26. The van der Waals surface area contributed by atoms with E-state index in [1.165, 1.54) is 31.2 Å². The molecule has 1 N–H and O–H groups in total. The van der Waals surface area contributed by atoms with Crippen molar-refractivity contribution >= 4 is 0 Å². The fourth-order valence-corrected chi connectivity index (χ4v) is 1.84. The Kier molecular flexibility index (Phi) is 6.59. The molecule has 0 fully saturated rings. The molecule has 0 spiro atoms. The highest BCUT2D eigenvalue weighted by atomic mass is 16.3. The zero-order chi connectivity index (χ0) is 11.6. The summed E-state index contributed by atoms with van der Waals surface area (Å²) in [6.45, 7) is 3.96. The predicted octanol–water partition coefficient (Wildman–Crippen LogP) is 3.58. The Bertz CT molecular complexity index is 279. The van der Waals surface area contributed by atoms with Crippen LogP contribution in [0.15, 0.2) is 43.0 Å². The maximum absolute atomic E-state index is 8.99. The minimum Gasteiger partial charge on any atom is -0.396 e. The summed E-state index contributed by atoms with van der Waals surface area (Å²) in [5, 5.41) is 8.99. The fourth-order valence-electron chi connectivity index (χ4n) is 1.84. The number of unbranched alkanes of at least 4 members (excludes halogenated alkanes) is 2. The van der Waals surface area contributed by atoms with Crippen LogP contribution in [0.1, 0.15) is 31.2 Å². The first kappa shape index (κ1) is 13.0. The average molecular weight is 218 g/mol. The molecule has 0 aliphatic heterocycles. The Morgan fingerprint density at radius 1 is 1.12 bits per heavy atom. The zero-order valence-corrected chi connectivity index (χ0v) is 9.94. The van der Waals surface area contributed by atoms with Gasteiger partial charge in [0.2, 0.25) is 0 Å². The monoisotopic (exact) mass is 218 g/mol. The van der Waals surface area contributed by atoms with Crippen molar-refractivity contribution in [2.75, 3.05) is 6.61 Å². The van der Waals surface area contributed by atoms with E-state index in [1.54, 1.807) is 0 Å². The maximum atomic E-state index is 8.99. The van der Waals surface area contributed by atoms with Gasteiger partial charge in [-0.25, -0.2) is 0 Å². The molecule has 1 aromatic rings. The number of benzene rings is 1. The Morgan fingerprint density at radius 3 is 2.50 bits per heavy atom. The van der Waals surface area contributed by atoms with Gasteiger partial charge in [0.15, 0.2) is 0 Å². The van der Waals surface area contributed by atoms with Crippen LogP contribution >= 0.6 is 0 Å². The summed E-state index contributed by atoms with van der Waals surface area (Å²) >= 11 is 0. The number of rotatable bonds is 8. The molecule has 1 heteroatoms. The average Bonchev–Trinajstić information content (AvgIpc) is 2.35. The SMILES string of the molecule is C=CC(CO)CCCCCc1ccccc1. The standard InChI is InChI=1S/C15H22O/c1-2-14(13-16)9-5-3-6-10-15-11-7-4-8-12-15/h2,4,7-8,11-12,14,16H,1,3,5-6,9-10,13H2. The number of aliphatic hydroxyl groups excluding tert-OH is 1. The molecule has 0 heterocycles. The molecule has 0 amide bonds. The number of aliphatic hydroxyl groups is 1. The van der Waals surface area contributed by atoms with Crippen molar-refractivity contribution < 1.29 is 5.11 Å². The van der Waals surface area contributed by atoms with Crippen molar-refractivity contribution in [3.8, 4) is 0 Å². The third kappa shape index (κ3) is 5.13. The van der Waals surface area contributed by atoms with Gasteiger partial charge in [-0.15, -0.1) is 6.58 Å². The van der Waals surface area contributed by atoms with Crippen LogP contribution < -0.4 is 0 Å².